The van der Waals surface area contributed by atoms with Crippen LogP contribution in [0.2, 0.25) is 0 Å². The van der Waals surface area contributed by atoms with Crippen molar-refractivity contribution in [2.24, 2.45) is 0 Å². The molecular weight excluding hydrogens is 412 g/mol. The van der Waals surface area contributed by atoms with E-state index < -0.39 is 0 Å². The quantitative estimate of drug-likeness (QED) is 0.531. The van der Waals surface area contributed by atoms with E-state index in [1.54, 1.807) is 0 Å². The SMILES string of the molecule is CCCC(c1nnnn1C(C)(C)C)N(Cc1cc2cccc(C)c2[nH]c1=O)C1CCCCC1. The summed E-state index contributed by atoms with van der Waals surface area (Å²) < 4.78 is 1.97. The molecule has 1 aromatic carbocycles. The number of hydrogen-bond acceptors (Lipinski definition) is 5. The second-order valence-corrected chi connectivity index (χ2v) is 10.6. The first-order valence-corrected chi connectivity index (χ1v) is 12.5. The zero-order chi connectivity index (χ0) is 23.6. The number of fused-ring (bicyclic) bond motifs is 1. The molecule has 3 aromatic rings. The Bertz CT molecular complexity index is 1140. The van der Waals surface area contributed by atoms with Gasteiger partial charge in [-0.15, -0.1) is 5.10 Å². The minimum atomic E-state index is -0.207. The molecule has 1 fully saturated rings. The van der Waals surface area contributed by atoms with Crippen LogP contribution in [-0.4, -0.2) is 36.1 Å². The average Bonchev–Trinajstić information content (AvgIpc) is 3.28. The summed E-state index contributed by atoms with van der Waals surface area (Å²) in [6.45, 7) is 11.3. The highest BCUT2D eigenvalue weighted by molar-refractivity contribution is 5.81. The van der Waals surface area contributed by atoms with Gasteiger partial charge < -0.3 is 4.98 Å². The Hall–Kier alpha value is -2.54. The molecule has 1 N–H and O–H groups in total. The number of H-pyrrole nitrogens is 1. The van der Waals surface area contributed by atoms with Crippen molar-refractivity contribution in [1.29, 1.82) is 0 Å². The Balaban J connectivity index is 1.78. The van der Waals surface area contributed by atoms with Gasteiger partial charge in [0, 0.05) is 18.2 Å². The summed E-state index contributed by atoms with van der Waals surface area (Å²) in [4.78, 5) is 18.8. The zero-order valence-corrected chi connectivity index (χ0v) is 20.8. The monoisotopic (exact) mass is 450 g/mol. The molecule has 1 saturated carbocycles. The van der Waals surface area contributed by atoms with Gasteiger partial charge >= 0.3 is 0 Å². The predicted molar refractivity (Wildman–Crippen MR) is 132 cm³/mol. The van der Waals surface area contributed by atoms with Gasteiger partial charge in [-0.25, -0.2) is 4.68 Å². The van der Waals surface area contributed by atoms with E-state index in [2.05, 4.69) is 71.3 Å². The minimum absolute atomic E-state index is 0.00303. The summed E-state index contributed by atoms with van der Waals surface area (Å²) in [6, 6.07) is 8.74. The van der Waals surface area contributed by atoms with E-state index >= 15 is 0 Å². The topological polar surface area (TPSA) is 79.7 Å². The molecule has 2 heterocycles. The van der Waals surface area contributed by atoms with Gasteiger partial charge in [0.2, 0.25) is 0 Å². The number of para-hydroxylation sites is 1. The molecule has 178 valence electrons. The molecule has 7 heteroatoms. The number of tetrazole rings is 1. The normalized spacial score (nSPS) is 16.5. The van der Waals surface area contributed by atoms with E-state index in [-0.39, 0.29) is 17.1 Å². The lowest BCUT2D eigenvalue weighted by Gasteiger charge is -2.40. The maximum absolute atomic E-state index is 13.2. The van der Waals surface area contributed by atoms with Crippen LogP contribution in [0.25, 0.3) is 10.9 Å². The van der Waals surface area contributed by atoms with E-state index in [1.165, 1.54) is 19.3 Å². The Kier molecular flexibility index (Phi) is 6.98. The van der Waals surface area contributed by atoms with Crippen molar-refractivity contribution >= 4 is 10.9 Å². The van der Waals surface area contributed by atoms with Crippen molar-refractivity contribution in [1.82, 2.24) is 30.1 Å². The van der Waals surface area contributed by atoms with Gasteiger partial charge in [-0.2, -0.15) is 0 Å². The number of nitrogens with one attached hydrogen (secondary N) is 1. The summed E-state index contributed by atoms with van der Waals surface area (Å²) in [7, 11) is 0. The molecule has 1 unspecified atom stereocenters. The molecule has 1 aliphatic carbocycles. The van der Waals surface area contributed by atoms with Crippen molar-refractivity contribution < 1.29 is 0 Å². The summed E-state index contributed by atoms with van der Waals surface area (Å²) in [5.74, 6) is 0.906. The highest BCUT2D eigenvalue weighted by Crippen LogP contribution is 2.35. The molecule has 0 aliphatic heterocycles. The molecule has 0 spiro atoms. The van der Waals surface area contributed by atoms with Gasteiger partial charge in [-0.05, 0) is 74.4 Å². The van der Waals surface area contributed by atoms with E-state index in [9.17, 15) is 4.79 Å². The van der Waals surface area contributed by atoms with E-state index in [4.69, 9.17) is 0 Å². The molecule has 1 atom stereocenters. The Morgan fingerprint density at radius 2 is 1.97 bits per heavy atom. The van der Waals surface area contributed by atoms with Crippen molar-refractivity contribution in [3.8, 4) is 0 Å². The molecule has 7 nitrogen and oxygen atoms in total. The zero-order valence-electron chi connectivity index (χ0n) is 20.8. The number of pyridine rings is 1. The summed E-state index contributed by atoms with van der Waals surface area (Å²) in [5, 5.41) is 14.0. The molecule has 4 rings (SSSR count). The molecule has 33 heavy (non-hydrogen) atoms. The van der Waals surface area contributed by atoms with Crippen LogP contribution in [0, 0.1) is 6.92 Å². The summed E-state index contributed by atoms with van der Waals surface area (Å²) in [6.07, 6.45) is 8.05. The molecule has 0 radical (unpaired) electrons. The smallest absolute Gasteiger partial charge is 0.252 e. The lowest BCUT2D eigenvalue weighted by atomic mass is 9.91. The van der Waals surface area contributed by atoms with E-state index in [0.29, 0.717) is 12.6 Å². The first kappa shape index (κ1) is 23.6. The largest absolute Gasteiger partial charge is 0.321 e. The summed E-state index contributed by atoms with van der Waals surface area (Å²) in [5.41, 5.74) is 2.63. The number of rotatable bonds is 7. The van der Waals surface area contributed by atoms with Crippen LogP contribution in [0.4, 0.5) is 0 Å². The van der Waals surface area contributed by atoms with Gasteiger partial charge in [-0.3, -0.25) is 9.69 Å². The van der Waals surface area contributed by atoms with Crippen LogP contribution in [-0.2, 0) is 12.1 Å². The van der Waals surface area contributed by atoms with Crippen LogP contribution in [0.15, 0.2) is 29.1 Å². The summed E-state index contributed by atoms with van der Waals surface area (Å²) >= 11 is 0. The van der Waals surface area contributed by atoms with E-state index in [1.807, 2.05) is 17.7 Å². The maximum Gasteiger partial charge on any atom is 0.252 e. The fourth-order valence-electron chi connectivity index (χ4n) is 5.25. The Labute approximate surface area is 196 Å². The van der Waals surface area contributed by atoms with Crippen molar-refractivity contribution in [3.05, 3.63) is 51.6 Å². The third-order valence-corrected chi connectivity index (χ3v) is 6.95. The number of hydrogen-bond donors (Lipinski definition) is 1. The second-order valence-electron chi connectivity index (χ2n) is 10.6. The van der Waals surface area contributed by atoms with Crippen LogP contribution in [0.1, 0.15) is 95.6 Å². The minimum Gasteiger partial charge on any atom is -0.321 e. The number of aryl methyl sites for hydroxylation is 1. The average molecular weight is 451 g/mol. The van der Waals surface area contributed by atoms with Gasteiger partial charge in [0.15, 0.2) is 5.82 Å². The Morgan fingerprint density at radius 3 is 2.67 bits per heavy atom. The first-order valence-electron chi connectivity index (χ1n) is 12.5. The fourth-order valence-corrected chi connectivity index (χ4v) is 5.25. The highest BCUT2D eigenvalue weighted by atomic mass is 16.1. The second kappa shape index (κ2) is 9.75. The predicted octanol–water partition coefficient (Wildman–Crippen LogP) is 5.25. The number of nitrogens with zero attached hydrogens (tertiary/aromatic N) is 5. The third kappa shape index (κ3) is 5.03. The standard InChI is InChI=1S/C26H38N6O/c1-6-11-22(24-28-29-30-32(24)26(3,4)5)31(21-14-8-7-9-15-21)17-20-16-19-13-10-12-18(2)23(19)27-25(20)33/h10,12-13,16,21-22H,6-9,11,14-15,17H2,1-5H3,(H,27,33). The fraction of sp³-hybridized carbons (Fsp3) is 0.615. The van der Waals surface area contributed by atoms with Gasteiger partial charge in [-0.1, -0.05) is 50.8 Å². The van der Waals surface area contributed by atoms with Crippen LogP contribution in [0.5, 0.6) is 0 Å². The van der Waals surface area contributed by atoms with Gasteiger partial charge in [0.25, 0.3) is 5.56 Å². The van der Waals surface area contributed by atoms with Gasteiger partial charge in [0.05, 0.1) is 17.1 Å². The molecule has 2 aromatic heterocycles. The lowest BCUT2D eigenvalue weighted by Crippen LogP contribution is -2.42. The molecule has 0 saturated heterocycles. The van der Waals surface area contributed by atoms with Crippen LogP contribution >= 0.6 is 0 Å². The van der Waals surface area contributed by atoms with Crippen molar-refractivity contribution in [2.75, 3.05) is 0 Å². The Morgan fingerprint density at radius 1 is 1.21 bits per heavy atom. The van der Waals surface area contributed by atoms with Crippen LogP contribution < -0.4 is 5.56 Å². The van der Waals surface area contributed by atoms with Crippen molar-refractivity contribution in [3.63, 3.8) is 0 Å². The highest BCUT2D eigenvalue weighted by Gasteiger charge is 2.34. The van der Waals surface area contributed by atoms with Crippen LogP contribution in [0.3, 0.4) is 0 Å². The molecule has 0 amide bonds. The third-order valence-electron chi connectivity index (χ3n) is 6.95. The van der Waals surface area contributed by atoms with E-state index in [0.717, 1.165) is 53.5 Å². The molecular formula is C26H38N6O. The number of aromatic amines is 1. The van der Waals surface area contributed by atoms with Crippen molar-refractivity contribution in [2.45, 2.75) is 104 Å². The van der Waals surface area contributed by atoms with Gasteiger partial charge in [0.1, 0.15) is 0 Å². The lowest BCUT2D eigenvalue weighted by molar-refractivity contribution is 0.0779. The maximum atomic E-state index is 13.2. The number of benzene rings is 1. The molecule has 0 bridgehead atoms. The first-order chi connectivity index (χ1) is 15.8. The number of aromatic nitrogens is 5. The molecule has 1 aliphatic rings.